The van der Waals surface area contributed by atoms with Crippen molar-refractivity contribution in [2.24, 2.45) is 5.73 Å². The molecule has 0 saturated heterocycles. The van der Waals surface area contributed by atoms with Gasteiger partial charge in [0.25, 0.3) is 0 Å². The van der Waals surface area contributed by atoms with Crippen molar-refractivity contribution >= 4 is 22.7 Å². The van der Waals surface area contributed by atoms with Gasteiger partial charge in [-0.1, -0.05) is 24.3 Å². The Hall–Kier alpha value is -1.06. The van der Waals surface area contributed by atoms with Crippen LogP contribution in [0.3, 0.4) is 0 Å². The maximum absolute atomic E-state index is 5.98. The summed E-state index contributed by atoms with van der Waals surface area (Å²) in [7, 11) is 0. The van der Waals surface area contributed by atoms with Crippen molar-refractivity contribution in [3.8, 4) is 0 Å². The Morgan fingerprint density at radius 1 is 1.24 bits per heavy atom. The van der Waals surface area contributed by atoms with Crippen molar-refractivity contribution in [1.82, 2.24) is 4.98 Å². The fraction of sp³-hybridized carbons (Fsp3) is 0.357. The first kappa shape index (κ1) is 12.4. The Morgan fingerprint density at radius 2 is 2.00 bits per heavy atom. The van der Waals surface area contributed by atoms with Gasteiger partial charge in [-0.2, -0.15) is 11.8 Å². The van der Waals surface area contributed by atoms with Crippen molar-refractivity contribution in [3.63, 3.8) is 0 Å². The summed E-state index contributed by atoms with van der Waals surface area (Å²) in [5.41, 5.74) is 8.27. The molecule has 0 radical (unpaired) electrons. The Labute approximate surface area is 107 Å². The summed E-state index contributed by atoms with van der Waals surface area (Å²) >= 11 is 1.86. The molecule has 2 rings (SSSR count). The molecular formula is C14H18N2S. The van der Waals surface area contributed by atoms with Crippen molar-refractivity contribution in [3.05, 3.63) is 42.1 Å². The smallest absolute Gasteiger partial charge is 0.0742 e. The predicted molar refractivity (Wildman–Crippen MR) is 76.2 cm³/mol. The zero-order chi connectivity index (χ0) is 12.3. The molecule has 90 valence electrons. The molecule has 0 fully saturated rings. The second-order valence-corrected chi connectivity index (χ2v) is 5.96. The minimum Gasteiger partial charge on any atom is -0.325 e. The third-order valence-electron chi connectivity index (χ3n) is 2.45. The number of para-hydroxylation sites is 1. The van der Waals surface area contributed by atoms with Gasteiger partial charge in [-0.05, 0) is 25.5 Å². The molecule has 0 amide bonds. The van der Waals surface area contributed by atoms with Gasteiger partial charge in [0.05, 0.1) is 5.52 Å². The van der Waals surface area contributed by atoms with Gasteiger partial charge >= 0.3 is 0 Å². The minimum atomic E-state index is -0.108. The van der Waals surface area contributed by atoms with Gasteiger partial charge in [0, 0.05) is 28.6 Å². The highest BCUT2D eigenvalue weighted by Crippen LogP contribution is 2.22. The molecule has 0 unspecified atom stereocenters. The third kappa shape index (κ3) is 3.45. The van der Waals surface area contributed by atoms with Crippen LogP contribution in [0.25, 0.3) is 10.9 Å². The molecule has 2 N–H and O–H groups in total. The summed E-state index contributed by atoms with van der Waals surface area (Å²) in [4.78, 5) is 4.45. The number of nitrogens with two attached hydrogens (primary N) is 1. The number of thioether (sulfide) groups is 1. The van der Waals surface area contributed by atoms with Gasteiger partial charge in [-0.3, -0.25) is 4.98 Å². The minimum absolute atomic E-state index is 0.108. The molecule has 0 aliphatic rings. The van der Waals surface area contributed by atoms with E-state index in [1.54, 1.807) is 0 Å². The van der Waals surface area contributed by atoms with Crippen LogP contribution in [0.2, 0.25) is 0 Å². The molecule has 0 saturated carbocycles. The zero-order valence-corrected chi connectivity index (χ0v) is 11.1. The Bertz CT molecular complexity index is 498. The average molecular weight is 246 g/mol. The fourth-order valence-corrected chi connectivity index (χ4v) is 2.79. The van der Waals surface area contributed by atoms with E-state index in [0.717, 1.165) is 17.0 Å². The highest BCUT2D eigenvalue weighted by Gasteiger charge is 2.10. The van der Waals surface area contributed by atoms with E-state index in [-0.39, 0.29) is 5.54 Å². The molecule has 1 aromatic heterocycles. The molecular weight excluding hydrogens is 228 g/mol. The molecule has 2 nitrogen and oxygen atoms in total. The first-order valence-electron chi connectivity index (χ1n) is 5.75. The number of hydrogen-bond acceptors (Lipinski definition) is 3. The lowest BCUT2D eigenvalue weighted by Crippen LogP contribution is -2.34. The van der Waals surface area contributed by atoms with Gasteiger partial charge < -0.3 is 5.73 Å². The lowest BCUT2D eigenvalue weighted by molar-refractivity contribution is 0.591. The van der Waals surface area contributed by atoms with Crippen LogP contribution in [0, 0.1) is 0 Å². The van der Waals surface area contributed by atoms with Crippen molar-refractivity contribution < 1.29 is 0 Å². The molecule has 17 heavy (non-hydrogen) atoms. The van der Waals surface area contributed by atoms with Gasteiger partial charge in [0.15, 0.2) is 0 Å². The van der Waals surface area contributed by atoms with Crippen LogP contribution >= 0.6 is 11.8 Å². The molecule has 0 aliphatic heterocycles. The topological polar surface area (TPSA) is 38.9 Å². The number of fused-ring (bicyclic) bond motifs is 1. The molecule has 1 aromatic carbocycles. The summed E-state index contributed by atoms with van der Waals surface area (Å²) in [5.74, 6) is 1.92. The zero-order valence-electron chi connectivity index (χ0n) is 10.3. The molecule has 2 aromatic rings. The maximum atomic E-state index is 5.98. The van der Waals surface area contributed by atoms with Crippen LogP contribution in [0.5, 0.6) is 0 Å². The van der Waals surface area contributed by atoms with Gasteiger partial charge in [-0.25, -0.2) is 0 Å². The quantitative estimate of drug-likeness (QED) is 0.900. The number of nitrogens with zero attached hydrogens (tertiary/aromatic N) is 1. The first-order valence-corrected chi connectivity index (χ1v) is 6.91. The average Bonchev–Trinajstić information content (AvgIpc) is 2.28. The number of rotatable bonds is 4. The molecule has 3 heteroatoms. The molecule has 0 bridgehead atoms. The van der Waals surface area contributed by atoms with E-state index in [1.165, 1.54) is 10.9 Å². The fourth-order valence-electron chi connectivity index (χ4n) is 1.71. The lowest BCUT2D eigenvalue weighted by Gasteiger charge is -2.17. The van der Waals surface area contributed by atoms with Crippen LogP contribution in [-0.4, -0.2) is 16.3 Å². The summed E-state index contributed by atoms with van der Waals surface area (Å²) in [6, 6.07) is 10.4. The van der Waals surface area contributed by atoms with Gasteiger partial charge in [-0.15, -0.1) is 0 Å². The molecule has 0 atom stereocenters. The second-order valence-electron chi connectivity index (χ2n) is 4.97. The van der Waals surface area contributed by atoms with E-state index in [1.807, 2.05) is 24.0 Å². The summed E-state index contributed by atoms with van der Waals surface area (Å²) in [5, 5.41) is 1.21. The highest BCUT2D eigenvalue weighted by atomic mass is 32.2. The number of pyridine rings is 1. The van der Waals surface area contributed by atoms with E-state index >= 15 is 0 Å². The molecule has 0 spiro atoms. The van der Waals surface area contributed by atoms with Crippen LogP contribution in [0.1, 0.15) is 19.4 Å². The summed E-state index contributed by atoms with van der Waals surface area (Å²) < 4.78 is 0. The Balaban J connectivity index is 2.13. The Morgan fingerprint density at radius 3 is 2.76 bits per heavy atom. The van der Waals surface area contributed by atoms with E-state index in [0.29, 0.717) is 0 Å². The monoisotopic (exact) mass is 246 g/mol. The van der Waals surface area contributed by atoms with Crippen molar-refractivity contribution in [2.45, 2.75) is 25.1 Å². The van der Waals surface area contributed by atoms with Crippen LogP contribution in [-0.2, 0) is 5.75 Å². The molecule has 0 aliphatic carbocycles. The van der Waals surface area contributed by atoms with Crippen molar-refractivity contribution in [2.75, 3.05) is 5.75 Å². The standard InChI is InChI=1S/C14H18N2S/c1-14(2,15)10-17-9-12-6-3-5-11-7-4-8-16-13(11)12/h3-8H,9-10,15H2,1-2H3. The number of hydrogen-bond donors (Lipinski definition) is 1. The second kappa shape index (κ2) is 5.07. The van der Waals surface area contributed by atoms with E-state index in [9.17, 15) is 0 Å². The van der Waals surface area contributed by atoms with Crippen molar-refractivity contribution in [1.29, 1.82) is 0 Å². The van der Waals surface area contributed by atoms with Crippen LogP contribution in [0.4, 0.5) is 0 Å². The van der Waals surface area contributed by atoms with E-state index < -0.39 is 0 Å². The van der Waals surface area contributed by atoms with Gasteiger partial charge in [0.1, 0.15) is 0 Å². The lowest BCUT2D eigenvalue weighted by atomic mass is 10.1. The van der Waals surface area contributed by atoms with Gasteiger partial charge in [0.2, 0.25) is 0 Å². The van der Waals surface area contributed by atoms with E-state index in [4.69, 9.17) is 5.73 Å². The SMILES string of the molecule is CC(C)(N)CSCc1cccc2cccnc12. The Kier molecular flexibility index (Phi) is 3.69. The third-order valence-corrected chi connectivity index (χ3v) is 3.91. The van der Waals surface area contributed by atoms with Crippen LogP contribution in [0.15, 0.2) is 36.5 Å². The normalized spacial score (nSPS) is 11.9. The largest absolute Gasteiger partial charge is 0.325 e. The number of aromatic nitrogens is 1. The summed E-state index contributed by atoms with van der Waals surface area (Å²) in [6.07, 6.45) is 1.85. The highest BCUT2D eigenvalue weighted by molar-refractivity contribution is 7.98. The molecule has 1 heterocycles. The van der Waals surface area contributed by atoms with Crippen LogP contribution < -0.4 is 5.73 Å². The van der Waals surface area contributed by atoms with E-state index in [2.05, 4.69) is 43.1 Å². The first-order chi connectivity index (χ1) is 8.06. The number of benzene rings is 1. The maximum Gasteiger partial charge on any atom is 0.0742 e. The predicted octanol–water partition coefficient (Wildman–Crippen LogP) is 3.21. The summed E-state index contributed by atoms with van der Waals surface area (Å²) in [6.45, 7) is 4.11.